The summed E-state index contributed by atoms with van der Waals surface area (Å²) in [4.78, 5) is 0. The van der Waals surface area contributed by atoms with Gasteiger partial charge in [0.2, 0.25) is 0 Å². The summed E-state index contributed by atoms with van der Waals surface area (Å²) in [7, 11) is 1.83. The number of ether oxygens (including phenoxy) is 1. The predicted molar refractivity (Wildman–Crippen MR) is 72.7 cm³/mol. The Labute approximate surface area is 115 Å². The third-order valence-corrected chi connectivity index (χ3v) is 3.37. The first kappa shape index (κ1) is 16.2. The Morgan fingerprint density at radius 1 is 1.37 bits per heavy atom. The zero-order chi connectivity index (χ0) is 14.5. The van der Waals surface area contributed by atoms with Crippen molar-refractivity contribution < 1.29 is 17.9 Å². The molecule has 0 bridgehead atoms. The molecule has 1 rings (SSSR count). The van der Waals surface area contributed by atoms with E-state index in [9.17, 15) is 13.2 Å². The molecule has 1 atom stereocenters. The molecule has 0 fully saturated rings. The molecule has 0 aliphatic carbocycles. The van der Waals surface area contributed by atoms with Gasteiger partial charge in [0, 0.05) is 17.4 Å². The minimum atomic E-state index is -4.20. The van der Waals surface area contributed by atoms with Crippen LogP contribution >= 0.6 is 11.8 Å². The second kappa shape index (κ2) is 7.05. The topological polar surface area (TPSA) is 21.3 Å². The van der Waals surface area contributed by atoms with Crippen molar-refractivity contribution in [1.29, 1.82) is 0 Å². The summed E-state index contributed by atoms with van der Waals surface area (Å²) in [5, 5.41) is 3.10. The van der Waals surface area contributed by atoms with Crippen molar-refractivity contribution in [2.75, 3.05) is 19.4 Å². The Kier molecular flexibility index (Phi) is 6.00. The van der Waals surface area contributed by atoms with E-state index in [1.54, 1.807) is 6.07 Å². The molecule has 0 aromatic heterocycles. The molecule has 0 aliphatic heterocycles. The lowest BCUT2D eigenvalue weighted by Crippen LogP contribution is -2.15. The quantitative estimate of drug-likeness (QED) is 0.804. The summed E-state index contributed by atoms with van der Waals surface area (Å²) < 4.78 is 41.4. The van der Waals surface area contributed by atoms with Gasteiger partial charge in [-0.05, 0) is 38.7 Å². The number of thioether (sulfide) groups is 1. The molecule has 0 amide bonds. The van der Waals surface area contributed by atoms with Gasteiger partial charge in [-0.3, -0.25) is 0 Å². The van der Waals surface area contributed by atoms with Crippen LogP contribution in [0.3, 0.4) is 0 Å². The standard InChI is InChI=1S/C13H18F3NOS/c1-9-4-5-12(11(8-9)10(2)17-3)18-6-7-19-13(14,15)16/h4-5,8,10,17H,6-7H2,1-3H3. The van der Waals surface area contributed by atoms with Crippen LogP contribution in [0.1, 0.15) is 24.1 Å². The molecule has 1 aromatic carbocycles. The molecule has 1 N–H and O–H groups in total. The Hall–Kier alpha value is -0.880. The molecule has 0 saturated carbocycles. The van der Waals surface area contributed by atoms with E-state index in [0.29, 0.717) is 5.75 Å². The summed E-state index contributed by atoms with van der Waals surface area (Å²) in [5.74, 6) is 0.528. The number of rotatable bonds is 6. The molecule has 2 nitrogen and oxygen atoms in total. The Morgan fingerprint density at radius 2 is 2.05 bits per heavy atom. The van der Waals surface area contributed by atoms with E-state index >= 15 is 0 Å². The molecule has 0 aliphatic rings. The number of hydrogen-bond donors (Lipinski definition) is 1. The van der Waals surface area contributed by atoms with E-state index in [-0.39, 0.29) is 30.2 Å². The Bertz CT molecular complexity index is 409. The van der Waals surface area contributed by atoms with Crippen LogP contribution in [0.25, 0.3) is 0 Å². The molecule has 108 valence electrons. The van der Waals surface area contributed by atoms with Gasteiger partial charge in [-0.15, -0.1) is 0 Å². The molecule has 0 spiro atoms. The smallest absolute Gasteiger partial charge is 0.441 e. The van der Waals surface area contributed by atoms with Crippen LogP contribution in [0.4, 0.5) is 13.2 Å². The summed E-state index contributed by atoms with van der Waals surface area (Å²) in [6.07, 6.45) is 0. The fourth-order valence-electron chi connectivity index (χ4n) is 1.60. The van der Waals surface area contributed by atoms with Crippen LogP contribution in [-0.2, 0) is 0 Å². The van der Waals surface area contributed by atoms with Gasteiger partial charge in [-0.25, -0.2) is 0 Å². The maximum atomic E-state index is 12.0. The van der Waals surface area contributed by atoms with Gasteiger partial charge in [-0.1, -0.05) is 17.7 Å². The number of nitrogens with one attached hydrogen (secondary N) is 1. The van der Waals surface area contributed by atoms with E-state index < -0.39 is 5.51 Å². The first-order valence-corrected chi connectivity index (χ1v) is 6.93. The fourth-order valence-corrected chi connectivity index (χ4v) is 2.00. The van der Waals surface area contributed by atoms with Gasteiger partial charge in [0.05, 0.1) is 6.61 Å². The lowest BCUT2D eigenvalue weighted by Gasteiger charge is -2.17. The van der Waals surface area contributed by atoms with Crippen LogP contribution in [0.2, 0.25) is 0 Å². The summed E-state index contributed by atoms with van der Waals surface area (Å²) in [6.45, 7) is 3.98. The largest absolute Gasteiger partial charge is 0.492 e. The molecule has 19 heavy (non-hydrogen) atoms. The highest BCUT2D eigenvalue weighted by atomic mass is 32.2. The van der Waals surface area contributed by atoms with Crippen LogP contribution in [-0.4, -0.2) is 24.9 Å². The van der Waals surface area contributed by atoms with Crippen LogP contribution in [0.5, 0.6) is 5.75 Å². The average molecular weight is 293 g/mol. The van der Waals surface area contributed by atoms with Crippen molar-refractivity contribution in [3.63, 3.8) is 0 Å². The van der Waals surface area contributed by atoms with Gasteiger partial charge in [0.15, 0.2) is 0 Å². The van der Waals surface area contributed by atoms with E-state index in [1.807, 2.05) is 33.0 Å². The van der Waals surface area contributed by atoms with Gasteiger partial charge < -0.3 is 10.1 Å². The van der Waals surface area contributed by atoms with Gasteiger partial charge in [0.1, 0.15) is 5.75 Å². The number of benzene rings is 1. The van der Waals surface area contributed by atoms with Crippen LogP contribution in [0.15, 0.2) is 18.2 Å². The number of alkyl halides is 3. The maximum absolute atomic E-state index is 12.0. The molecular weight excluding hydrogens is 275 g/mol. The number of halogens is 3. The van der Waals surface area contributed by atoms with Crippen molar-refractivity contribution in [3.8, 4) is 5.75 Å². The number of aryl methyl sites for hydroxylation is 1. The third-order valence-electron chi connectivity index (χ3n) is 2.67. The summed E-state index contributed by atoms with van der Waals surface area (Å²) in [5.41, 5.74) is -2.15. The second-order valence-corrected chi connectivity index (χ2v) is 5.35. The lowest BCUT2D eigenvalue weighted by molar-refractivity contribution is -0.0329. The average Bonchev–Trinajstić information content (AvgIpc) is 2.33. The van der Waals surface area contributed by atoms with Crippen molar-refractivity contribution in [3.05, 3.63) is 29.3 Å². The minimum Gasteiger partial charge on any atom is -0.492 e. The first-order chi connectivity index (χ1) is 8.83. The van der Waals surface area contributed by atoms with Crippen LogP contribution in [0, 0.1) is 6.92 Å². The fraction of sp³-hybridized carbons (Fsp3) is 0.538. The van der Waals surface area contributed by atoms with Gasteiger partial charge >= 0.3 is 5.51 Å². The number of hydrogen-bond acceptors (Lipinski definition) is 3. The van der Waals surface area contributed by atoms with E-state index in [0.717, 1.165) is 11.1 Å². The molecule has 0 heterocycles. The zero-order valence-corrected chi connectivity index (χ0v) is 12.0. The van der Waals surface area contributed by atoms with Gasteiger partial charge in [-0.2, -0.15) is 13.2 Å². The van der Waals surface area contributed by atoms with Crippen molar-refractivity contribution in [1.82, 2.24) is 5.32 Å². The molecule has 1 aromatic rings. The van der Waals surface area contributed by atoms with Gasteiger partial charge in [0.25, 0.3) is 0 Å². The highest BCUT2D eigenvalue weighted by Crippen LogP contribution is 2.30. The second-order valence-electron chi connectivity index (χ2n) is 4.19. The highest BCUT2D eigenvalue weighted by molar-refractivity contribution is 8.00. The maximum Gasteiger partial charge on any atom is 0.441 e. The molecule has 6 heteroatoms. The first-order valence-electron chi connectivity index (χ1n) is 5.95. The van der Waals surface area contributed by atoms with Crippen molar-refractivity contribution >= 4 is 11.8 Å². The van der Waals surface area contributed by atoms with E-state index in [4.69, 9.17) is 4.74 Å². The predicted octanol–water partition coefficient (Wildman–Crippen LogP) is 3.91. The molecule has 0 saturated heterocycles. The summed E-state index contributed by atoms with van der Waals surface area (Å²) >= 11 is -0.0646. The Morgan fingerprint density at radius 3 is 2.63 bits per heavy atom. The minimum absolute atomic E-state index is 0.0384. The lowest BCUT2D eigenvalue weighted by atomic mass is 10.0. The van der Waals surface area contributed by atoms with Crippen LogP contribution < -0.4 is 10.1 Å². The molecule has 1 unspecified atom stereocenters. The monoisotopic (exact) mass is 293 g/mol. The molecule has 0 radical (unpaired) electrons. The third kappa shape index (κ3) is 5.74. The van der Waals surface area contributed by atoms with Crippen molar-refractivity contribution in [2.45, 2.75) is 25.4 Å². The molecular formula is C13H18F3NOS. The van der Waals surface area contributed by atoms with E-state index in [1.165, 1.54) is 0 Å². The zero-order valence-electron chi connectivity index (χ0n) is 11.2. The highest BCUT2D eigenvalue weighted by Gasteiger charge is 2.27. The Balaban J connectivity index is 2.62. The van der Waals surface area contributed by atoms with E-state index in [2.05, 4.69) is 5.32 Å². The van der Waals surface area contributed by atoms with Crippen molar-refractivity contribution in [2.24, 2.45) is 0 Å². The SMILES string of the molecule is CNC(C)c1cc(C)ccc1OCCSC(F)(F)F. The normalized spacial score (nSPS) is 13.4. The summed E-state index contributed by atoms with van der Waals surface area (Å²) in [6, 6.07) is 5.76.